The second-order valence-corrected chi connectivity index (χ2v) is 9.06. The number of thioether (sulfide) groups is 1. The third kappa shape index (κ3) is 5.78. The molecule has 0 aromatic heterocycles. The summed E-state index contributed by atoms with van der Waals surface area (Å²) in [6.45, 7) is 3.43. The topological polar surface area (TPSA) is 84.9 Å². The highest BCUT2D eigenvalue weighted by Gasteiger charge is 2.36. The number of benzene rings is 2. The first-order chi connectivity index (χ1) is 15.7. The van der Waals surface area contributed by atoms with Gasteiger partial charge in [0.05, 0.1) is 12.0 Å². The first-order valence-corrected chi connectivity index (χ1v) is 11.4. The van der Waals surface area contributed by atoms with Crippen molar-refractivity contribution in [2.75, 3.05) is 25.6 Å². The zero-order chi connectivity index (χ0) is 24.1. The van der Waals surface area contributed by atoms with Crippen LogP contribution < -0.4 is 14.8 Å². The number of anilines is 1. The molecule has 1 saturated heterocycles. The van der Waals surface area contributed by atoms with Crippen molar-refractivity contribution >= 4 is 56.5 Å². The van der Waals surface area contributed by atoms with Crippen molar-refractivity contribution in [2.45, 2.75) is 13.8 Å². The fourth-order valence-electron chi connectivity index (χ4n) is 3.18. The maximum Gasteiger partial charge on any atom is 0.294 e. The number of ether oxygens (including phenoxy) is 2. The third-order valence-corrected chi connectivity index (χ3v) is 6.05. The molecule has 33 heavy (non-hydrogen) atoms. The summed E-state index contributed by atoms with van der Waals surface area (Å²) in [5, 5.41) is 2.22. The molecule has 7 nitrogen and oxygen atoms in total. The number of halogens is 1. The third-order valence-electron chi connectivity index (χ3n) is 4.69. The Morgan fingerprint density at radius 2 is 2.03 bits per heavy atom. The number of imide groups is 1. The van der Waals surface area contributed by atoms with E-state index in [0.717, 1.165) is 27.8 Å². The molecule has 9 heteroatoms. The smallest absolute Gasteiger partial charge is 0.294 e. The Morgan fingerprint density at radius 3 is 2.70 bits per heavy atom. The van der Waals surface area contributed by atoms with Gasteiger partial charge >= 0.3 is 0 Å². The van der Waals surface area contributed by atoms with Gasteiger partial charge in [-0.2, -0.15) is 0 Å². The lowest BCUT2D eigenvalue weighted by atomic mass is 10.1. The minimum atomic E-state index is -0.567. The maximum absolute atomic E-state index is 12.9. The summed E-state index contributed by atoms with van der Waals surface area (Å²) in [4.78, 5) is 39.0. The van der Waals surface area contributed by atoms with E-state index in [1.54, 1.807) is 18.2 Å². The summed E-state index contributed by atoms with van der Waals surface area (Å²) in [6.07, 6.45) is 6.82. The van der Waals surface area contributed by atoms with Gasteiger partial charge in [0.1, 0.15) is 13.2 Å². The molecule has 0 saturated carbocycles. The van der Waals surface area contributed by atoms with Crippen molar-refractivity contribution in [3.63, 3.8) is 0 Å². The number of nitrogens with zero attached hydrogens (tertiary/aromatic N) is 1. The molecule has 1 heterocycles. The predicted octanol–water partition coefficient (Wildman–Crippen LogP) is 4.76. The van der Waals surface area contributed by atoms with Crippen LogP contribution in [0, 0.1) is 26.2 Å². The highest BCUT2D eigenvalue weighted by atomic mass is 79.9. The fourth-order valence-corrected chi connectivity index (χ4v) is 4.46. The van der Waals surface area contributed by atoms with Crippen molar-refractivity contribution in [3.8, 4) is 23.8 Å². The van der Waals surface area contributed by atoms with Crippen LogP contribution in [0.15, 0.2) is 39.7 Å². The molecule has 2 aromatic carbocycles. The van der Waals surface area contributed by atoms with E-state index < -0.39 is 23.6 Å². The van der Waals surface area contributed by atoms with E-state index in [-0.39, 0.29) is 11.5 Å². The monoisotopic (exact) mass is 528 g/mol. The molecular formula is C24H21BrN2O5S. The van der Waals surface area contributed by atoms with E-state index in [9.17, 15) is 14.4 Å². The zero-order valence-corrected chi connectivity index (χ0v) is 20.6. The summed E-state index contributed by atoms with van der Waals surface area (Å²) in [6, 6.07) is 9.01. The van der Waals surface area contributed by atoms with E-state index in [2.05, 4.69) is 27.2 Å². The molecule has 1 fully saturated rings. The van der Waals surface area contributed by atoms with Gasteiger partial charge in [0.25, 0.3) is 11.1 Å². The number of methoxy groups -OCH3 is 1. The Kier molecular flexibility index (Phi) is 7.84. The second-order valence-electron chi connectivity index (χ2n) is 7.15. The Bertz CT molecular complexity index is 1200. The molecule has 1 aliphatic heterocycles. The normalized spacial score (nSPS) is 14.4. The van der Waals surface area contributed by atoms with Gasteiger partial charge in [0.2, 0.25) is 5.91 Å². The van der Waals surface area contributed by atoms with Crippen LogP contribution in [0.2, 0.25) is 0 Å². The molecule has 0 atom stereocenters. The standard InChI is InChI=1S/C24H21BrN2O5S/c1-5-8-32-22-16(10-17(25)12-19(22)31-4)11-20-23(29)27(24(30)33-20)13-21(28)26-18-7-6-14(2)9-15(18)3/h1,6-7,9-12H,8,13H2,2-4H3,(H,26,28)/b20-11+. The number of rotatable bonds is 7. The van der Waals surface area contributed by atoms with Crippen LogP contribution in [-0.4, -0.2) is 42.2 Å². The molecule has 3 amide bonds. The number of carbonyl (C=O) groups excluding carboxylic acids is 3. The number of carbonyl (C=O) groups is 3. The number of nitrogens with one attached hydrogen (secondary N) is 1. The number of terminal acetylenes is 1. The molecule has 1 N–H and O–H groups in total. The lowest BCUT2D eigenvalue weighted by molar-refractivity contribution is -0.127. The van der Waals surface area contributed by atoms with E-state index >= 15 is 0 Å². The molecule has 0 spiro atoms. The van der Waals surface area contributed by atoms with Crippen molar-refractivity contribution in [1.82, 2.24) is 4.90 Å². The van der Waals surface area contributed by atoms with Gasteiger partial charge in [0.15, 0.2) is 11.5 Å². The Morgan fingerprint density at radius 1 is 1.27 bits per heavy atom. The van der Waals surface area contributed by atoms with E-state index in [0.29, 0.717) is 27.2 Å². The van der Waals surface area contributed by atoms with Gasteiger partial charge < -0.3 is 14.8 Å². The van der Waals surface area contributed by atoms with Crippen LogP contribution in [0.1, 0.15) is 16.7 Å². The van der Waals surface area contributed by atoms with Crippen molar-refractivity contribution in [1.29, 1.82) is 0 Å². The summed E-state index contributed by atoms with van der Waals surface area (Å²) in [7, 11) is 1.48. The largest absolute Gasteiger partial charge is 0.493 e. The van der Waals surface area contributed by atoms with Gasteiger partial charge in [0, 0.05) is 15.7 Å². The number of hydrogen-bond donors (Lipinski definition) is 1. The van der Waals surface area contributed by atoms with Gasteiger partial charge in [-0.25, -0.2) is 0 Å². The summed E-state index contributed by atoms with van der Waals surface area (Å²) in [5.74, 6) is 2.11. The van der Waals surface area contributed by atoms with Gasteiger partial charge in [-0.15, -0.1) is 6.42 Å². The molecule has 1 aliphatic rings. The molecule has 3 rings (SSSR count). The Balaban J connectivity index is 1.82. The fraction of sp³-hybridized carbons (Fsp3) is 0.208. The van der Waals surface area contributed by atoms with Gasteiger partial charge in [-0.05, 0) is 55.4 Å². The molecule has 170 valence electrons. The molecule has 0 unspecified atom stereocenters. The van der Waals surface area contributed by atoms with Crippen molar-refractivity contribution in [2.24, 2.45) is 0 Å². The zero-order valence-electron chi connectivity index (χ0n) is 18.2. The number of amides is 3. The summed E-state index contributed by atoms with van der Waals surface area (Å²) >= 11 is 4.14. The van der Waals surface area contributed by atoms with Crippen LogP contribution in [0.4, 0.5) is 10.5 Å². The number of aryl methyl sites for hydroxylation is 2. The van der Waals surface area contributed by atoms with Crippen molar-refractivity contribution < 1.29 is 23.9 Å². The highest BCUT2D eigenvalue weighted by Crippen LogP contribution is 2.39. The summed E-state index contributed by atoms with van der Waals surface area (Å²) in [5.41, 5.74) is 3.09. The van der Waals surface area contributed by atoms with Gasteiger partial charge in [-0.1, -0.05) is 39.5 Å². The lowest BCUT2D eigenvalue weighted by Gasteiger charge is -2.14. The molecular weight excluding hydrogens is 508 g/mol. The van der Waals surface area contributed by atoms with Crippen molar-refractivity contribution in [3.05, 3.63) is 56.4 Å². The highest BCUT2D eigenvalue weighted by molar-refractivity contribution is 9.10. The SMILES string of the molecule is C#CCOc1c(/C=C2/SC(=O)N(CC(=O)Nc3ccc(C)cc3C)C2=O)cc(Br)cc1OC. The lowest BCUT2D eigenvalue weighted by Crippen LogP contribution is -2.36. The average molecular weight is 529 g/mol. The van der Waals surface area contributed by atoms with E-state index in [4.69, 9.17) is 15.9 Å². The quantitative estimate of drug-likeness (QED) is 0.411. The average Bonchev–Trinajstić information content (AvgIpc) is 3.02. The number of hydrogen-bond acceptors (Lipinski definition) is 6. The first kappa shape index (κ1) is 24.4. The first-order valence-electron chi connectivity index (χ1n) is 9.79. The molecule has 0 radical (unpaired) electrons. The minimum absolute atomic E-state index is 0.00108. The van der Waals surface area contributed by atoms with Gasteiger partial charge in [-0.3, -0.25) is 19.3 Å². The Hall–Kier alpha value is -3.22. The summed E-state index contributed by atoms with van der Waals surface area (Å²) < 4.78 is 11.6. The van der Waals surface area contributed by atoms with Crippen LogP contribution >= 0.6 is 27.7 Å². The van der Waals surface area contributed by atoms with Crippen LogP contribution in [0.5, 0.6) is 11.5 Å². The van der Waals surface area contributed by atoms with E-state index in [1.165, 1.54) is 13.2 Å². The van der Waals surface area contributed by atoms with Crippen LogP contribution in [0.3, 0.4) is 0 Å². The van der Waals surface area contributed by atoms with Crippen LogP contribution in [-0.2, 0) is 9.59 Å². The molecule has 2 aromatic rings. The van der Waals surface area contributed by atoms with E-state index in [1.807, 2.05) is 26.0 Å². The Labute approximate surface area is 204 Å². The maximum atomic E-state index is 12.9. The second kappa shape index (κ2) is 10.6. The molecule has 0 aliphatic carbocycles. The molecule has 0 bridgehead atoms. The van der Waals surface area contributed by atoms with Crippen LogP contribution in [0.25, 0.3) is 6.08 Å². The minimum Gasteiger partial charge on any atom is -0.493 e. The predicted molar refractivity (Wildman–Crippen MR) is 132 cm³/mol.